The smallest absolute Gasteiger partial charge is 0.336 e. The van der Waals surface area contributed by atoms with Crippen LogP contribution in [0, 0.1) is 0 Å². The maximum atomic E-state index is 11.4. The summed E-state index contributed by atoms with van der Waals surface area (Å²) in [5, 5.41) is 3.89. The first-order valence-corrected chi connectivity index (χ1v) is 5.60. The molecule has 0 fully saturated rings. The Balaban J connectivity index is 2.51. The van der Waals surface area contributed by atoms with Crippen LogP contribution in [0.3, 0.4) is 0 Å². The Labute approximate surface area is 103 Å². The topological polar surface area (TPSA) is 68.5 Å². The van der Waals surface area contributed by atoms with Crippen molar-refractivity contribution in [3.05, 3.63) is 40.2 Å². The number of hydrogen-bond acceptors (Lipinski definition) is 5. The van der Waals surface area contributed by atoms with Crippen molar-refractivity contribution in [1.29, 1.82) is 0 Å². The van der Waals surface area contributed by atoms with Gasteiger partial charge in [0.05, 0.1) is 0 Å². The zero-order chi connectivity index (χ0) is 13.0. The van der Waals surface area contributed by atoms with Gasteiger partial charge in [-0.3, -0.25) is 4.79 Å². The Hall–Kier alpha value is -2.30. The molecule has 5 heteroatoms. The van der Waals surface area contributed by atoms with E-state index in [-0.39, 0.29) is 6.61 Å². The van der Waals surface area contributed by atoms with Crippen molar-refractivity contribution in [2.24, 2.45) is 0 Å². The second-order valence-electron chi connectivity index (χ2n) is 3.74. The Morgan fingerprint density at radius 1 is 1.39 bits per heavy atom. The predicted octanol–water partition coefficient (Wildman–Crippen LogP) is 1.90. The van der Waals surface area contributed by atoms with Crippen molar-refractivity contribution in [3.63, 3.8) is 0 Å². The van der Waals surface area contributed by atoms with Crippen LogP contribution in [0.1, 0.15) is 12.5 Å². The van der Waals surface area contributed by atoms with E-state index >= 15 is 0 Å². The second kappa shape index (κ2) is 5.35. The van der Waals surface area contributed by atoms with Gasteiger partial charge in [0.2, 0.25) is 0 Å². The molecular formula is C13H13NO4. The van der Waals surface area contributed by atoms with Gasteiger partial charge in [-0.2, -0.15) is 0 Å². The standard InChI is InChI=1S/C13H13NO4/c1-2-14-10-3-4-11-9(7-17-8-15)5-13(16)18-12(11)6-10/h3-6,8,14H,2,7H2,1H3. The Bertz CT molecular complexity index is 618. The van der Waals surface area contributed by atoms with Gasteiger partial charge in [0.15, 0.2) is 0 Å². The first-order chi connectivity index (χ1) is 8.74. The number of fused-ring (bicyclic) bond motifs is 1. The summed E-state index contributed by atoms with van der Waals surface area (Å²) < 4.78 is 9.81. The highest BCUT2D eigenvalue weighted by atomic mass is 16.5. The summed E-state index contributed by atoms with van der Waals surface area (Å²) in [6, 6.07) is 6.80. The largest absolute Gasteiger partial charge is 0.463 e. The molecular weight excluding hydrogens is 234 g/mol. The van der Waals surface area contributed by atoms with Gasteiger partial charge in [-0.05, 0) is 19.1 Å². The van der Waals surface area contributed by atoms with E-state index < -0.39 is 5.63 Å². The number of benzene rings is 1. The van der Waals surface area contributed by atoms with Crippen LogP contribution < -0.4 is 10.9 Å². The molecule has 1 aromatic heterocycles. The number of carbonyl (C=O) groups excluding carboxylic acids is 1. The second-order valence-corrected chi connectivity index (χ2v) is 3.74. The lowest BCUT2D eigenvalue weighted by atomic mass is 10.1. The number of anilines is 1. The number of nitrogens with one attached hydrogen (secondary N) is 1. The lowest BCUT2D eigenvalue weighted by Gasteiger charge is -2.07. The van der Waals surface area contributed by atoms with E-state index in [1.807, 2.05) is 19.1 Å². The molecule has 0 spiro atoms. The molecule has 94 valence electrons. The summed E-state index contributed by atoms with van der Waals surface area (Å²) in [6.45, 7) is 3.18. The van der Waals surface area contributed by atoms with Gasteiger partial charge in [0.1, 0.15) is 12.2 Å². The van der Waals surface area contributed by atoms with Gasteiger partial charge in [0, 0.05) is 35.3 Å². The molecule has 0 aliphatic heterocycles. The maximum absolute atomic E-state index is 11.4. The van der Waals surface area contributed by atoms with Crippen LogP contribution in [-0.2, 0) is 16.1 Å². The molecule has 0 aliphatic rings. The molecule has 0 radical (unpaired) electrons. The first-order valence-electron chi connectivity index (χ1n) is 5.60. The maximum Gasteiger partial charge on any atom is 0.336 e. The Kier molecular flexibility index (Phi) is 3.62. The molecule has 2 rings (SSSR count). The highest BCUT2D eigenvalue weighted by Gasteiger charge is 2.06. The quantitative estimate of drug-likeness (QED) is 0.645. The minimum Gasteiger partial charge on any atom is -0.463 e. The lowest BCUT2D eigenvalue weighted by Crippen LogP contribution is -2.03. The number of ether oxygens (including phenoxy) is 1. The van der Waals surface area contributed by atoms with Gasteiger partial charge < -0.3 is 14.5 Å². The Morgan fingerprint density at radius 3 is 2.94 bits per heavy atom. The Morgan fingerprint density at radius 2 is 2.22 bits per heavy atom. The van der Waals surface area contributed by atoms with Crippen molar-refractivity contribution in [2.45, 2.75) is 13.5 Å². The van der Waals surface area contributed by atoms with E-state index in [4.69, 9.17) is 4.42 Å². The van der Waals surface area contributed by atoms with Crippen LogP contribution in [0.15, 0.2) is 33.5 Å². The third-order valence-corrected chi connectivity index (χ3v) is 2.52. The minimum atomic E-state index is -0.458. The summed E-state index contributed by atoms with van der Waals surface area (Å²) in [7, 11) is 0. The van der Waals surface area contributed by atoms with Gasteiger partial charge in [-0.1, -0.05) is 0 Å². The third-order valence-electron chi connectivity index (χ3n) is 2.52. The van der Waals surface area contributed by atoms with E-state index in [9.17, 15) is 9.59 Å². The molecule has 0 bridgehead atoms. The minimum absolute atomic E-state index is 0.0617. The molecule has 0 amide bonds. The van der Waals surface area contributed by atoms with Crippen LogP contribution in [0.4, 0.5) is 5.69 Å². The summed E-state index contributed by atoms with van der Waals surface area (Å²) in [5.74, 6) is 0. The molecule has 1 N–H and O–H groups in total. The molecule has 0 saturated heterocycles. The first kappa shape index (κ1) is 12.2. The molecule has 0 saturated carbocycles. The average Bonchev–Trinajstić information content (AvgIpc) is 2.35. The van der Waals surface area contributed by atoms with E-state index in [0.717, 1.165) is 17.6 Å². The summed E-state index contributed by atoms with van der Waals surface area (Å²) >= 11 is 0. The highest BCUT2D eigenvalue weighted by molar-refractivity contribution is 5.83. The van der Waals surface area contributed by atoms with E-state index in [1.165, 1.54) is 6.07 Å². The van der Waals surface area contributed by atoms with Crippen LogP contribution in [0.2, 0.25) is 0 Å². The third kappa shape index (κ3) is 2.51. The van der Waals surface area contributed by atoms with Gasteiger partial charge in [0.25, 0.3) is 6.47 Å². The van der Waals surface area contributed by atoms with E-state index in [0.29, 0.717) is 17.6 Å². The van der Waals surface area contributed by atoms with E-state index in [2.05, 4.69) is 10.1 Å². The fraction of sp³-hybridized carbons (Fsp3) is 0.231. The van der Waals surface area contributed by atoms with Gasteiger partial charge in [-0.25, -0.2) is 4.79 Å². The van der Waals surface area contributed by atoms with Crippen molar-refractivity contribution < 1.29 is 13.9 Å². The van der Waals surface area contributed by atoms with Crippen molar-refractivity contribution in [1.82, 2.24) is 0 Å². The summed E-state index contributed by atoms with van der Waals surface area (Å²) in [4.78, 5) is 21.6. The molecule has 5 nitrogen and oxygen atoms in total. The normalized spacial score (nSPS) is 10.3. The van der Waals surface area contributed by atoms with Crippen LogP contribution >= 0.6 is 0 Å². The van der Waals surface area contributed by atoms with Gasteiger partial charge >= 0.3 is 5.63 Å². The molecule has 0 unspecified atom stereocenters. The molecule has 0 aliphatic carbocycles. The zero-order valence-corrected chi connectivity index (χ0v) is 9.93. The van der Waals surface area contributed by atoms with Gasteiger partial charge in [-0.15, -0.1) is 0 Å². The molecule has 1 heterocycles. The fourth-order valence-electron chi connectivity index (χ4n) is 1.79. The average molecular weight is 247 g/mol. The predicted molar refractivity (Wildman–Crippen MR) is 67.5 cm³/mol. The molecule has 0 atom stereocenters. The van der Waals surface area contributed by atoms with Crippen molar-refractivity contribution in [2.75, 3.05) is 11.9 Å². The van der Waals surface area contributed by atoms with Crippen LogP contribution in [-0.4, -0.2) is 13.0 Å². The monoisotopic (exact) mass is 247 g/mol. The molecule has 18 heavy (non-hydrogen) atoms. The molecule has 2 aromatic rings. The number of hydrogen-bond donors (Lipinski definition) is 1. The fourth-order valence-corrected chi connectivity index (χ4v) is 1.79. The van der Waals surface area contributed by atoms with Crippen LogP contribution in [0.5, 0.6) is 0 Å². The summed E-state index contributed by atoms with van der Waals surface area (Å²) in [6.07, 6.45) is 0. The SMILES string of the molecule is CCNc1ccc2c(COC=O)cc(=O)oc2c1. The lowest BCUT2D eigenvalue weighted by molar-refractivity contribution is -0.129. The number of carbonyl (C=O) groups is 1. The summed E-state index contributed by atoms with van der Waals surface area (Å²) in [5.41, 5.74) is 1.53. The zero-order valence-electron chi connectivity index (χ0n) is 9.93. The number of rotatable bonds is 5. The van der Waals surface area contributed by atoms with E-state index in [1.54, 1.807) is 6.07 Å². The van der Waals surface area contributed by atoms with Crippen molar-refractivity contribution in [3.8, 4) is 0 Å². The van der Waals surface area contributed by atoms with Crippen molar-refractivity contribution >= 4 is 23.1 Å². The molecule has 1 aromatic carbocycles. The highest BCUT2D eigenvalue weighted by Crippen LogP contribution is 2.21. The van der Waals surface area contributed by atoms with Crippen LogP contribution in [0.25, 0.3) is 11.0 Å².